The van der Waals surface area contributed by atoms with Gasteiger partial charge in [-0.1, -0.05) is 17.7 Å². The summed E-state index contributed by atoms with van der Waals surface area (Å²) in [6.07, 6.45) is 3.83. The Kier molecular flexibility index (Phi) is 4.80. The van der Waals surface area contributed by atoms with Crippen LogP contribution in [0.3, 0.4) is 0 Å². The second kappa shape index (κ2) is 7.43. The third-order valence-corrected chi connectivity index (χ3v) is 5.06. The number of carbonyl (C=O) groups is 2. The van der Waals surface area contributed by atoms with Gasteiger partial charge in [0.2, 0.25) is 5.91 Å². The maximum absolute atomic E-state index is 12.7. The number of carbonyl (C=O) groups excluding carboxylic acids is 2. The number of benzene rings is 2. The Bertz CT molecular complexity index is 1100. The van der Waals surface area contributed by atoms with E-state index >= 15 is 0 Å². The molecule has 7 heteroatoms. The Labute approximate surface area is 169 Å². The predicted octanol–water partition coefficient (Wildman–Crippen LogP) is 3.52. The second-order valence-corrected chi connectivity index (χ2v) is 7.37. The lowest BCUT2D eigenvalue weighted by Crippen LogP contribution is -2.18. The zero-order chi connectivity index (χ0) is 20.5. The first kappa shape index (κ1) is 18.7. The van der Waals surface area contributed by atoms with Crippen molar-refractivity contribution >= 4 is 28.9 Å². The Hall–Kier alpha value is -3.61. The lowest BCUT2D eigenvalue weighted by Gasteiger charge is -2.18. The third kappa shape index (κ3) is 3.85. The summed E-state index contributed by atoms with van der Waals surface area (Å²) in [7, 11) is 1.93. The normalized spacial score (nSPS) is 13.5. The van der Waals surface area contributed by atoms with Crippen molar-refractivity contribution in [1.82, 2.24) is 9.78 Å². The largest absolute Gasteiger partial charge is 0.372 e. The fourth-order valence-corrected chi connectivity index (χ4v) is 3.50. The molecule has 0 fully saturated rings. The highest BCUT2D eigenvalue weighted by Crippen LogP contribution is 2.29. The summed E-state index contributed by atoms with van der Waals surface area (Å²) < 4.78 is 1.75. The third-order valence-electron chi connectivity index (χ3n) is 5.06. The second-order valence-electron chi connectivity index (χ2n) is 7.37. The smallest absolute Gasteiger partial charge is 0.255 e. The van der Waals surface area contributed by atoms with Crippen LogP contribution in [-0.2, 0) is 4.79 Å². The highest BCUT2D eigenvalue weighted by molar-refractivity contribution is 6.06. The molecule has 2 heterocycles. The van der Waals surface area contributed by atoms with E-state index < -0.39 is 0 Å². The van der Waals surface area contributed by atoms with E-state index in [0.29, 0.717) is 29.9 Å². The molecule has 148 valence electrons. The summed E-state index contributed by atoms with van der Waals surface area (Å²) in [5, 5.41) is 10.1. The van der Waals surface area contributed by atoms with E-state index in [9.17, 15) is 9.59 Å². The van der Waals surface area contributed by atoms with Crippen LogP contribution in [0.15, 0.2) is 48.8 Å². The molecule has 1 aliphatic heterocycles. The molecule has 0 unspecified atom stereocenters. The number of nitrogens with one attached hydrogen (secondary N) is 2. The minimum atomic E-state index is -0.255. The van der Waals surface area contributed by atoms with Crippen molar-refractivity contribution in [3.63, 3.8) is 0 Å². The van der Waals surface area contributed by atoms with E-state index in [4.69, 9.17) is 0 Å². The number of aromatic nitrogens is 2. The van der Waals surface area contributed by atoms with Gasteiger partial charge in [-0.15, -0.1) is 0 Å². The van der Waals surface area contributed by atoms with Gasteiger partial charge in [-0.2, -0.15) is 5.10 Å². The first-order valence-electron chi connectivity index (χ1n) is 9.49. The lowest BCUT2D eigenvalue weighted by molar-refractivity contribution is -0.115. The minimum absolute atomic E-state index is 0.0529. The molecule has 1 aliphatic rings. The lowest BCUT2D eigenvalue weighted by atomic mass is 10.1. The number of aryl methyl sites for hydroxylation is 2. The number of rotatable bonds is 3. The Morgan fingerprint density at radius 1 is 1.14 bits per heavy atom. The molecule has 0 saturated carbocycles. The van der Waals surface area contributed by atoms with Gasteiger partial charge in [-0.3, -0.25) is 9.59 Å². The summed E-state index contributed by atoms with van der Waals surface area (Å²) in [5.74, 6) is -0.308. The van der Waals surface area contributed by atoms with Crippen molar-refractivity contribution in [3.05, 3.63) is 65.5 Å². The molecular formula is C22H23N5O2. The predicted molar refractivity (Wildman–Crippen MR) is 114 cm³/mol. The first-order chi connectivity index (χ1) is 13.9. The Morgan fingerprint density at radius 3 is 2.72 bits per heavy atom. The van der Waals surface area contributed by atoms with E-state index in [0.717, 1.165) is 16.9 Å². The Morgan fingerprint density at radius 2 is 1.93 bits per heavy atom. The number of hydrogen-bond donors (Lipinski definition) is 2. The molecule has 0 saturated heterocycles. The van der Waals surface area contributed by atoms with Gasteiger partial charge in [0.05, 0.1) is 35.1 Å². The molecule has 0 spiro atoms. The molecule has 0 radical (unpaired) electrons. The molecule has 0 bridgehead atoms. The van der Waals surface area contributed by atoms with Crippen molar-refractivity contribution in [1.29, 1.82) is 0 Å². The molecule has 2 aromatic carbocycles. The average Bonchev–Trinajstić information content (AvgIpc) is 3.08. The van der Waals surface area contributed by atoms with Gasteiger partial charge in [0.15, 0.2) is 0 Å². The molecule has 0 atom stereocenters. The van der Waals surface area contributed by atoms with E-state index in [2.05, 4.69) is 21.8 Å². The fraction of sp³-hybridized carbons (Fsp3) is 0.227. The molecule has 4 rings (SSSR count). The number of hydrogen-bond acceptors (Lipinski definition) is 4. The maximum atomic E-state index is 12.7. The van der Waals surface area contributed by atoms with E-state index in [1.165, 1.54) is 5.56 Å². The summed E-state index contributed by atoms with van der Waals surface area (Å²) >= 11 is 0. The van der Waals surface area contributed by atoms with Crippen LogP contribution < -0.4 is 15.5 Å². The van der Waals surface area contributed by atoms with Crippen molar-refractivity contribution < 1.29 is 9.59 Å². The van der Waals surface area contributed by atoms with E-state index in [1.807, 2.05) is 44.0 Å². The summed E-state index contributed by atoms with van der Waals surface area (Å²) in [6.45, 7) is 4.72. The van der Waals surface area contributed by atoms with Crippen LogP contribution in [0.25, 0.3) is 5.69 Å². The quantitative estimate of drug-likeness (QED) is 0.718. The van der Waals surface area contributed by atoms with Gasteiger partial charge in [-0.05, 0) is 43.7 Å². The van der Waals surface area contributed by atoms with Gasteiger partial charge in [0.1, 0.15) is 0 Å². The molecule has 0 aliphatic carbocycles. The van der Waals surface area contributed by atoms with Crippen molar-refractivity contribution in [3.8, 4) is 5.69 Å². The molecular weight excluding hydrogens is 366 g/mol. The zero-order valence-corrected chi connectivity index (χ0v) is 16.7. The topological polar surface area (TPSA) is 79.3 Å². The van der Waals surface area contributed by atoms with Crippen LogP contribution in [0.5, 0.6) is 0 Å². The number of amides is 2. The van der Waals surface area contributed by atoms with Crippen molar-refractivity contribution in [2.45, 2.75) is 20.3 Å². The first-order valence-corrected chi connectivity index (χ1v) is 9.49. The van der Waals surface area contributed by atoms with E-state index in [1.54, 1.807) is 29.2 Å². The number of fused-ring (bicyclic) bond motifs is 1. The zero-order valence-electron chi connectivity index (χ0n) is 16.7. The van der Waals surface area contributed by atoms with Crippen molar-refractivity contribution in [2.24, 2.45) is 0 Å². The molecule has 1 aromatic heterocycles. The highest BCUT2D eigenvalue weighted by atomic mass is 16.2. The maximum Gasteiger partial charge on any atom is 0.255 e. The summed E-state index contributed by atoms with van der Waals surface area (Å²) in [6, 6.07) is 11.5. The molecule has 29 heavy (non-hydrogen) atoms. The Balaban J connectivity index is 1.55. The highest BCUT2D eigenvalue weighted by Gasteiger charge is 2.18. The molecule has 2 N–H and O–H groups in total. The monoisotopic (exact) mass is 389 g/mol. The SMILES string of the molecule is Cc1ccc(-n2cc(NC(=O)c3ccc4c(c3)NC(=O)CCN4C)cn2)c(C)c1. The van der Waals surface area contributed by atoms with Gasteiger partial charge >= 0.3 is 0 Å². The minimum Gasteiger partial charge on any atom is -0.372 e. The van der Waals surface area contributed by atoms with Crippen LogP contribution in [0, 0.1) is 13.8 Å². The van der Waals surface area contributed by atoms with Gasteiger partial charge in [0, 0.05) is 25.6 Å². The standard InChI is InChI=1S/C22H23N5O2/c1-14-4-6-19(15(2)10-14)27-13-17(12-23-27)24-22(29)16-5-7-20-18(11-16)25-21(28)8-9-26(20)3/h4-7,10-13H,8-9H2,1-3H3,(H,24,29)(H,25,28). The fourth-order valence-electron chi connectivity index (χ4n) is 3.50. The van der Waals surface area contributed by atoms with Gasteiger partial charge in [0.25, 0.3) is 5.91 Å². The number of nitrogens with zero attached hydrogens (tertiary/aromatic N) is 3. The molecule has 7 nitrogen and oxygen atoms in total. The van der Waals surface area contributed by atoms with Crippen LogP contribution in [-0.4, -0.2) is 35.2 Å². The van der Waals surface area contributed by atoms with Gasteiger partial charge in [-0.25, -0.2) is 4.68 Å². The van der Waals surface area contributed by atoms with E-state index in [-0.39, 0.29) is 11.8 Å². The molecule has 3 aromatic rings. The van der Waals surface area contributed by atoms with Gasteiger partial charge < -0.3 is 15.5 Å². The summed E-state index contributed by atoms with van der Waals surface area (Å²) in [5.41, 5.74) is 5.88. The van der Waals surface area contributed by atoms with Crippen LogP contribution in [0.4, 0.5) is 17.1 Å². The van der Waals surface area contributed by atoms with Crippen LogP contribution in [0.1, 0.15) is 27.9 Å². The van der Waals surface area contributed by atoms with Crippen molar-refractivity contribution in [2.75, 3.05) is 29.1 Å². The molecule has 2 amide bonds. The number of anilines is 3. The van der Waals surface area contributed by atoms with Crippen LogP contribution >= 0.6 is 0 Å². The average molecular weight is 389 g/mol. The summed E-state index contributed by atoms with van der Waals surface area (Å²) in [4.78, 5) is 26.6. The van der Waals surface area contributed by atoms with Crippen LogP contribution in [0.2, 0.25) is 0 Å².